The Hall–Kier alpha value is -1.26. The van der Waals surface area contributed by atoms with E-state index in [1.54, 1.807) is 18.2 Å². The molecule has 4 N–H and O–H groups in total. The first-order valence-electron chi connectivity index (χ1n) is 5.44. The lowest BCUT2D eigenvalue weighted by Crippen LogP contribution is -2.27. The fraction of sp³-hybridized carbons (Fsp3) is 0.500. The van der Waals surface area contributed by atoms with Crippen LogP contribution in [0.15, 0.2) is 18.2 Å². The summed E-state index contributed by atoms with van der Waals surface area (Å²) in [5, 5.41) is 19.5. The molecule has 4 nitrogen and oxygen atoms in total. The highest BCUT2D eigenvalue weighted by Gasteiger charge is 2.34. The van der Waals surface area contributed by atoms with Crippen LogP contribution in [0.4, 0.5) is 0 Å². The minimum atomic E-state index is -0.521. The maximum atomic E-state index is 9.89. The number of hydrogen-bond acceptors (Lipinski definition) is 4. The van der Waals surface area contributed by atoms with Crippen molar-refractivity contribution >= 4 is 0 Å². The molecular formula is C12H17NO3. The van der Waals surface area contributed by atoms with Gasteiger partial charge < -0.3 is 20.7 Å². The molecular weight excluding hydrogens is 206 g/mol. The number of ether oxygens (including phenoxy) is 1. The molecule has 1 aromatic rings. The van der Waals surface area contributed by atoms with Gasteiger partial charge in [0.15, 0.2) is 11.5 Å². The molecule has 1 aliphatic rings. The van der Waals surface area contributed by atoms with Crippen molar-refractivity contribution in [3.63, 3.8) is 0 Å². The maximum Gasteiger partial charge on any atom is 0.160 e. The van der Waals surface area contributed by atoms with Crippen LogP contribution in [0.25, 0.3) is 0 Å². The third kappa shape index (κ3) is 2.13. The summed E-state index contributed by atoms with van der Waals surface area (Å²) in [6, 6.07) is 4.54. The van der Waals surface area contributed by atoms with Gasteiger partial charge in [-0.25, -0.2) is 0 Å². The second-order valence-corrected chi connectivity index (χ2v) is 4.29. The monoisotopic (exact) mass is 223 g/mol. The Labute approximate surface area is 94.7 Å². The standard InChI is InChI=1S/C12H17NO3/c1-16-10-5-4-8(6-9(10)14)11(13)12(15)7-2-3-7/h4-7,11-12,14-15H,2-3,13H2,1H3/t11-,12+/m0/s1. The molecule has 0 saturated heterocycles. The molecule has 1 saturated carbocycles. The van der Waals surface area contributed by atoms with Gasteiger partial charge in [-0.3, -0.25) is 0 Å². The summed E-state index contributed by atoms with van der Waals surface area (Å²) in [5.41, 5.74) is 6.67. The molecule has 0 amide bonds. The topological polar surface area (TPSA) is 75.7 Å². The Kier molecular flexibility index (Phi) is 3.03. The lowest BCUT2D eigenvalue weighted by molar-refractivity contribution is 0.122. The van der Waals surface area contributed by atoms with Crippen LogP contribution in [0.2, 0.25) is 0 Å². The molecule has 4 heteroatoms. The number of aliphatic hydroxyl groups excluding tert-OH is 1. The van der Waals surface area contributed by atoms with Crippen LogP contribution in [-0.4, -0.2) is 23.4 Å². The average molecular weight is 223 g/mol. The molecule has 88 valence electrons. The number of aromatic hydroxyl groups is 1. The Morgan fingerprint density at radius 1 is 1.44 bits per heavy atom. The van der Waals surface area contributed by atoms with E-state index in [0.29, 0.717) is 11.7 Å². The maximum absolute atomic E-state index is 9.89. The van der Waals surface area contributed by atoms with Crippen molar-refractivity contribution in [2.75, 3.05) is 7.11 Å². The Balaban J connectivity index is 2.16. The number of phenolic OH excluding ortho intramolecular Hbond substituents is 1. The largest absolute Gasteiger partial charge is 0.504 e. The van der Waals surface area contributed by atoms with Gasteiger partial charge in [0.25, 0.3) is 0 Å². The van der Waals surface area contributed by atoms with E-state index in [-0.39, 0.29) is 5.75 Å². The zero-order chi connectivity index (χ0) is 11.7. The highest BCUT2D eigenvalue weighted by molar-refractivity contribution is 5.42. The van der Waals surface area contributed by atoms with E-state index in [4.69, 9.17) is 10.5 Å². The summed E-state index contributed by atoms with van der Waals surface area (Å²) in [5.74, 6) is 0.787. The van der Waals surface area contributed by atoms with E-state index in [1.165, 1.54) is 7.11 Å². The lowest BCUT2D eigenvalue weighted by Gasteiger charge is -2.19. The second kappa shape index (κ2) is 4.31. The minimum absolute atomic E-state index is 0.0541. The number of rotatable bonds is 4. The fourth-order valence-corrected chi connectivity index (χ4v) is 1.84. The molecule has 0 heterocycles. The molecule has 0 radical (unpaired) electrons. The van der Waals surface area contributed by atoms with Gasteiger partial charge in [-0.1, -0.05) is 6.07 Å². The van der Waals surface area contributed by atoms with E-state index in [9.17, 15) is 10.2 Å². The normalized spacial score (nSPS) is 19.2. The summed E-state index contributed by atoms with van der Waals surface area (Å²) in [4.78, 5) is 0. The Bertz CT molecular complexity index is 377. The van der Waals surface area contributed by atoms with Gasteiger partial charge in [0.2, 0.25) is 0 Å². The van der Waals surface area contributed by atoms with Crippen molar-refractivity contribution < 1.29 is 14.9 Å². The molecule has 0 unspecified atom stereocenters. The van der Waals surface area contributed by atoms with Crippen LogP contribution in [0.3, 0.4) is 0 Å². The second-order valence-electron chi connectivity index (χ2n) is 4.29. The van der Waals surface area contributed by atoms with E-state index in [2.05, 4.69) is 0 Å². The minimum Gasteiger partial charge on any atom is -0.504 e. The molecule has 16 heavy (non-hydrogen) atoms. The highest BCUT2D eigenvalue weighted by Crippen LogP contribution is 2.38. The first-order valence-corrected chi connectivity index (χ1v) is 5.44. The van der Waals surface area contributed by atoms with Gasteiger partial charge in [-0.2, -0.15) is 0 Å². The smallest absolute Gasteiger partial charge is 0.160 e. The number of benzene rings is 1. The van der Waals surface area contributed by atoms with E-state index >= 15 is 0 Å². The number of methoxy groups -OCH3 is 1. The van der Waals surface area contributed by atoms with Gasteiger partial charge >= 0.3 is 0 Å². The zero-order valence-electron chi connectivity index (χ0n) is 9.26. The van der Waals surface area contributed by atoms with E-state index < -0.39 is 12.1 Å². The molecule has 1 aromatic carbocycles. The molecule has 2 atom stereocenters. The van der Waals surface area contributed by atoms with Crippen molar-refractivity contribution in [1.82, 2.24) is 0 Å². The molecule has 0 aromatic heterocycles. The van der Waals surface area contributed by atoms with Gasteiger partial charge in [0.05, 0.1) is 19.3 Å². The lowest BCUT2D eigenvalue weighted by atomic mass is 9.99. The van der Waals surface area contributed by atoms with Crippen LogP contribution in [0, 0.1) is 5.92 Å². The van der Waals surface area contributed by atoms with Crippen LogP contribution >= 0.6 is 0 Å². The van der Waals surface area contributed by atoms with Gasteiger partial charge in [0.1, 0.15) is 0 Å². The average Bonchev–Trinajstić information content (AvgIpc) is 3.11. The first kappa shape index (κ1) is 11.2. The zero-order valence-corrected chi connectivity index (χ0v) is 9.26. The first-order chi connectivity index (χ1) is 7.63. The highest BCUT2D eigenvalue weighted by atomic mass is 16.5. The molecule has 1 aliphatic carbocycles. The van der Waals surface area contributed by atoms with Crippen molar-refractivity contribution in [2.24, 2.45) is 11.7 Å². The van der Waals surface area contributed by atoms with E-state index in [1.807, 2.05) is 0 Å². The van der Waals surface area contributed by atoms with Crippen molar-refractivity contribution in [3.05, 3.63) is 23.8 Å². The van der Waals surface area contributed by atoms with Crippen LogP contribution in [0.5, 0.6) is 11.5 Å². The summed E-state index contributed by atoms with van der Waals surface area (Å²) < 4.78 is 4.95. The SMILES string of the molecule is COc1ccc([C@H](N)[C@H](O)C2CC2)cc1O. The third-order valence-electron chi connectivity index (χ3n) is 3.06. The van der Waals surface area contributed by atoms with Crippen molar-refractivity contribution in [2.45, 2.75) is 25.0 Å². The predicted molar refractivity (Wildman–Crippen MR) is 60.3 cm³/mol. The summed E-state index contributed by atoms with van der Waals surface area (Å²) >= 11 is 0. The molecule has 0 aliphatic heterocycles. The number of hydrogen-bond donors (Lipinski definition) is 3. The van der Waals surface area contributed by atoms with Crippen LogP contribution in [-0.2, 0) is 0 Å². The van der Waals surface area contributed by atoms with Crippen LogP contribution < -0.4 is 10.5 Å². The van der Waals surface area contributed by atoms with E-state index in [0.717, 1.165) is 18.4 Å². The number of aliphatic hydroxyl groups is 1. The summed E-state index contributed by atoms with van der Waals surface area (Å²) in [6.07, 6.45) is 1.56. The summed E-state index contributed by atoms with van der Waals surface area (Å²) in [6.45, 7) is 0. The van der Waals surface area contributed by atoms with Gasteiger partial charge in [-0.15, -0.1) is 0 Å². The third-order valence-corrected chi connectivity index (χ3v) is 3.06. The molecule has 1 fully saturated rings. The number of nitrogens with two attached hydrogens (primary N) is 1. The Morgan fingerprint density at radius 2 is 2.12 bits per heavy atom. The van der Waals surface area contributed by atoms with Crippen LogP contribution in [0.1, 0.15) is 24.4 Å². The summed E-state index contributed by atoms with van der Waals surface area (Å²) in [7, 11) is 1.49. The van der Waals surface area contributed by atoms with Crippen molar-refractivity contribution in [1.29, 1.82) is 0 Å². The van der Waals surface area contributed by atoms with Gasteiger partial charge in [0, 0.05) is 0 Å². The predicted octanol–water partition coefficient (Wildman–Crippen LogP) is 1.17. The number of phenols is 1. The molecule has 0 bridgehead atoms. The quantitative estimate of drug-likeness (QED) is 0.716. The fourth-order valence-electron chi connectivity index (χ4n) is 1.84. The molecule has 0 spiro atoms. The molecule has 2 rings (SSSR count). The van der Waals surface area contributed by atoms with Crippen molar-refractivity contribution in [3.8, 4) is 11.5 Å². The Morgan fingerprint density at radius 3 is 2.62 bits per heavy atom. The van der Waals surface area contributed by atoms with Gasteiger partial charge in [-0.05, 0) is 36.5 Å².